The molecule has 0 aliphatic carbocycles. The number of hydrogen-bond donors (Lipinski definition) is 2. The van der Waals surface area contributed by atoms with Crippen molar-refractivity contribution >= 4 is 41.3 Å². The highest BCUT2D eigenvalue weighted by Gasteiger charge is 2.33. The van der Waals surface area contributed by atoms with Crippen LogP contribution < -0.4 is 15.4 Å². The van der Waals surface area contributed by atoms with Gasteiger partial charge >= 0.3 is 12.4 Å². The van der Waals surface area contributed by atoms with Gasteiger partial charge in [0.15, 0.2) is 18.3 Å². The molecule has 0 unspecified atom stereocenters. The van der Waals surface area contributed by atoms with Crippen LogP contribution in [0.4, 0.5) is 26.3 Å². The van der Waals surface area contributed by atoms with E-state index in [9.17, 15) is 26.3 Å². The number of alkyl halides is 6. The van der Waals surface area contributed by atoms with Crippen molar-refractivity contribution in [3.05, 3.63) is 40.0 Å². The van der Waals surface area contributed by atoms with E-state index < -0.39 is 24.7 Å². The summed E-state index contributed by atoms with van der Waals surface area (Å²) in [5, 5.41) is 6.84. The molecule has 0 aromatic carbocycles. The Bertz CT molecular complexity index is 827. The van der Waals surface area contributed by atoms with Gasteiger partial charge in [-0.15, -0.1) is 35.3 Å². The quantitative estimate of drug-likeness (QED) is 0.225. The molecule has 2 N–H and O–H groups in total. The molecule has 2 heterocycles. The first kappa shape index (κ1) is 26.2. The Labute approximate surface area is 189 Å². The third kappa shape index (κ3) is 8.89. The molecule has 2 rings (SSSR count). The second-order valence-corrected chi connectivity index (χ2v) is 6.49. The van der Waals surface area contributed by atoms with Gasteiger partial charge in [0.2, 0.25) is 5.88 Å². The SMILES string of the molecule is CCNC(=NCc1cccnc1OCC(F)(F)F)NCc1nc(C(F)(F)F)cs1.I. The maximum Gasteiger partial charge on any atom is 0.434 e. The fourth-order valence-electron chi connectivity index (χ4n) is 2.01. The molecule has 2 aromatic rings. The Morgan fingerprint density at radius 3 is 2.53 bits per heavy atom. The van der Waals surface area contributed by atoms with E-state index in [1.165, 1.54) is 18.3 Å². The topological polar surface area (TPSA) is 71.4 Å². The summed E-state index contributed by atoms with van der Waals surface area (Å²) < 4.78 is 79.6. The van der Waals surface area contributed by atoms with E-state index in [4.69, 9.17) is 4.74 Å². The first-order valence-electron chi connectivity index (χ1n) is 8.25. The Morgan fingerprint density at radius 1 is 1.20 bits per heavy atom. The molecule has 0 saturated heterocycles. The minimum atomic E-state index is -4.51. The monoisotopic (exact) mass is 569 g/mol. The third-order valence-electron chi connectivity index (χ3n) is 3.22. The van der Waals surface area contributed by atoms with Crippen molar-refractivity contribution < 1.29 is 31.1 Å². The number of nitrogens with one attached hydrogen (secondary N) is 2. The van der Waals surface area contributed by atoms with Crippen molar-refractivity contribution in [2.45, 2.75) is 32.4 Å². The molecule has 0 saturated carbocycles. The van der Waals surface area contributed by atoms with Crippen LogP contribution in [0, 0.1) is 0 Å². The number of ether oxygens (including phenoxy) is 1. The Balaban J connectivity index is 0.00000450. The van der Waals surface area contributed by atoms with E-state index >= 15 is 0 Å². The fourth-order valence-corrected chi connectivity index (χ4v) is 2.75. The van der Waals surface area contributed by atoms with Crippen molar-refractivity contribution in [1.82, 2.24) is 20.6 Å². The molecular weight excluding hydrogens is 551 g/mol. The Morgan fingerprint density at radius 2 is 1.93 bits per heavy atom. The first-order valence-corrected chi connectivity index (χ1v) is 9.13. The molecule has 0 amide bonds. The normalized spacial score (nSPS) is 12.3. The summed E-state index contributed by atoms with van der Waals surface area (Å²) in [5.74, 6) is 0.0565. The van der Waals surface area contributed by atoms with Crippen molar-refractivity contribution in [2.24, 2.45) is 4.99 Å². The van der Waals surface area contributed by atoms with Gasteiger partial charge in [-0.05, 0) is 13.0 Å². The predicted octanol–water partition coefficient (Wildman–Crippen LogP) is 4.37. The number of halogens is 7. The molecule has 0 atom stereocenters. The van der Waals surface area contributed by atoms with Gasteiger partial charge in [0.05, 0.1) is 13.1 Å². The van der Waals surface area contributed by atoms with Crippen LogP contribution in [-0.2, 0) is 19.3 Å². The highest BCUT2D eigenvalue weighted by molar-refractivity contribution is 14.0. The highest BCUT2D eigenvalue weighted by atomic mass is 127. The summed E-state index contributed by atoms with van der Waals surface area (Å²) in [5.41, 5.74) is -0.648. The first-order chi connectivity index (χ1) is 13.6. The minimum Gasteiger partial charge on any atom is -0.468 e. The minimum absolute atomic E-state index is 0. The van der Waals surface area contributed by atoms with Gasteiger partial charge in [-0.3, -0.25) is 0 Å². The lowest BCUT2D eigenvalue weighted by Crippen LogP contribution is -2.36. The largest absolute Gasteiger partial charge is 0.468 e. The number of nitrogens with zero attached hydrogens (tertiary/aromatic N) is 3. The van der Waals surface area contributed by atoms with Gasteiger partial charge in [-0.25, -0.2) is 15.0 Å². The highest BCUT2D eigenvalue weighted by Crippen LogP contribution is 2.29. The van der Waals surface area contributed by atoms with Crippen LogP contribution in [0.15, 0.2) is 28.7 Å². The smallest absolute Gasteiger partial charge is 0.434 e. The number of aliphatic imine (C=N–C) groups is 1. The summed E-state index contributed by atoms with van der Waals surface area (Å²) in [6.07, 6.45) is -7.72. The average Bonchev–Trinajstić information content (AvgIpc) is 3.12. The van der Waals surface area contributed by atoms with Crippen LogP contribution in [0.25, 0.3) is 0 Å². The van der Waals surface area contributed by atoms with Crippen LogP contribution in [0.2, 0.25) is 0 Å². The second kappa shape index (κ2) is 11.5. The van der Waals surface area contributed by atoms with E-state index in [2.05, 4.69) is 25.6 Å². The number of aromatic nitrogens is 2. The molecular formula is C16H18F6IN5OS. The van der Waals surface area contributed by atoms with Gasteiger partial charge in [0, 0.05) is 23.7 Å². The standard InChI is InChI=1S/C16H17F6N5OS.HI/c1-2-23-14(26-7-12-27-11(8-29-12)16(20,21)22)25-6-10-4-3-5-24-13(10)28-9-15(17,18)19;/h3-5,8H,2,6-7,9H2,1H3,(H2,23,25,26);1H. The summed E-state index contributed by atoms with van der Waals surface area (Å²) in [4.78, 5) is 11.5. The second-order valence-electron chi connectivity index (χ2n) is 5.54. The molecule has 0 radical (unpaired) electrons. The molecule has 0 aliphatic rings. The van der Waals surface area contributed by atoms with Gasteiger partial charge < -0.3 is 15.4 Å². The Hall–Kier alpha value is -1.84. The van der Waals surface area contributed by atoms with Crippen molar-refractivity contribution in [2.75, 3.05) is 13.2 Å². The van der Waals surface area contributed by atoms with Gasteiger partial charge in [0.25, 0.3) is 0 Å². The van der Waals surface area contributed by atoms with Gasteiger partial charge in [-0.1, -0.05) is 6.07 Å². The van der Waals surface area contributed by atoms with E-state index in [-0.39, 0.29) is 53.9 Å². The molecule has 6 nitrogen and oxygen atoms in total. The number of pyridine rings is 1. The molecule has 14 heteroatoms. The van der Waals surface area contributed by atoms with E-state index in [1.807, 2.05) is 0 Å². The third-order valence-corrected chi connectivity index (χ3v) is 4.07. The zero-order valence-electron chi connectivity index (χ0n) is 15.5. The number of hydrogen-bond acceptors (Lipinski definition) is 5. The van der Waals surface area contributed by atoms with Crippen LogP contribution in [-0.4, -0.2) is 35.3 Å². The van der Waals surface area contributed by atoms with Crippen molar-refractivity contribution in [3.8, 4) is 5.88 Å². The van der Waals surface area contributed by atoms with Gasteiger partial charge in [-0.2, -0.15) is 26.3 Å². The number of rotatable bonds is 7. The summed E-state index contributed by atoms with van der Waals surface area (Å²) in [6, 6.07) is 3.04. The maximum absolute atomic E-state index is 12.6. The molecule has 30 heavy (non-hydrogen) atoms. The molecule has 168 valence electrons. The summed E-state index contributed by atoms with van der Waals surface area (Å²) in [7, 11) is 0. The van der Waals surface area contributed by atoms with Crippen LogP contribution in [0.5, 0.6) is 5.88 Å². The van der Waals surface area contributed by atoms with Crippen molar-refractivity contribution in [1.29, 1.82) is 0 Å². The maximum atomic E-state index is 12.6. The van der Waals surface area contributed by atoms with Crippen LogP contribution in [0.3, 0.4) is 0 Å². The zero-order chi connectivity index (χ0) is 21.5. The van der Waals surface area contributed by atoms with Crippen LogP contribution >= 0.6 is 35.3 Å². The number of thiazole rings is 1. The van der Waals surface area contributed by atoms with E-state index in [0.717, 1.165) is 16.7 Å². The summed E-state index contributed by atoms with van der Waals surface area (Å²) in [6.45, 7) is 0.704. The lowest BCUT2D eigenvalue weighted by atomic mass is 10.3. The van der Waals surface area contributed by atoms with Gasteiger partial charge in [0.1, 0.15) is 5.01 Å². The lowest BCUT2D eigenvalue weighted by Gasteiger charge is -2.12. The predicted molar refractivity (Wildman–Crippen MR) is 110 cm³/mol. The van der Waals surface area contributed by atoms with Crippen molar-refractivity contribution in [3.63, 3.8) is 0 Å². The average molecular weight is 569 g/mol. The Kier molecular flexibility index (Phi) is 10.1. The molecule has 0 aliphatic heterocycles. The molecule has 0 bridgehead atoms. The summed E-state index contributed by atoms with van der Waals surface area (Å²) >= 11 is 0.849. The molecule has 0 spiro atoms. The molecule has 0 fully saturated rings. The number of guanidine groups is 1. The molecule has 2 aromatic heterocycles. The fraction of sp³-hybridized carbons (Fsp3) is 0.438. The van der Waals surface area contributed by atoms with E-state index in [0.29, 0.717) is 12.1 Å². The lowest BCUT2D eigenvalue weighted by molar-refractivity contribution is -0.154. The van der Waals surface area contributed by atoms with Crippen LogP contribution in [0.1, 0.15) is 23.2 Å². The van der Waals surface area contributed by atoms with E-state index in [1.54, 1.807) is 6.92 Å². The zero-order valence-corrected chi connectivity index (χ0v) is 18.6.